The Labute approximate surface area is 164 Å². The second kappa shape index (κ2) is 10.1. The highest BCUT2D eigenvalue weighted by molar-refractivity contribution is 7.99. The van der Waals surface area contributed by atoms with Crippen molar-refractivity contribution in [2.24, 2.45) is 0 Å². The lowest BCUT2D eigenvalue weighted by Crippen LogP contribution is -2.20. The Kier molecular flexibility index (Phi) is 7.83. The normalized spacial score (nSPS) is 11.7. The van der Waals surface area contributed by atoms with Gasteiger partial charge in [0.25, 0.3) is 0 Å². The van der Waals surface area contributed by atoms with Crippen LogP contribution in [0.15, 0.2) is 35.4 Å². The monoisotopic (exact) mass is 384 g/mol. The van der Waals surface area contributed by atoms with Gasteiger partial charge in [0.15, 0.2) is 0 Å². The maximum Gasteiger partial charge on any atom is 0.130 e. The van der Waals surface area contributed by atoms with E-state index in [1.54, 1.807) is 6.92 Å². The molecule has 1 heterocycles. The van der Waals surface area contributed by atoms with E-state index < -0.39 is 6.10 Å². The predicted octanol–water partition coefficient (Wildman–Crippen LogP) is 3.62. The fourth-order valence-electron chi connectivity index (χ4n) is 2.53. The average Bonchev–Trinajstić information content (AvgIpc) is 2.63. The molecule has 1 aromatic carbocycles. The first-order valence-electron chi connectivity index (χ1n) is 8.79. The van der Waals surface area contributed by atoms with Crippen LogP contribution in [0.5, 0.6) is 5.75 Å². The van der Waals surface area contributed by atoms with Gasteiger partial charge in [-0.15, -0.1) is 11.8 Å². The summed E-state index contributed by atoms with van der Waals surface area (Å²) in [6.45, 7) is 5.52. The van der Waals surface area contributed by atoms with Crippen molar-refractivity contribution >= 4 is 17.5 Å². The van der Waals surface area contributed by atoms with Crippen LogP contribution in [-0.2, 0) is 11.2 Å². The molecule has 0 radical (unpaired) electrons. The van der Waals surface area contributed by atoms with Gasteiger partial charge in [0.2, 0.25) is 0 Å². The summed E-state index contributed by atoms with van der Waals surface area (Å²) in [5, 5.41) is 20.1. The number of Topliss-reactive ketones (excluding diaryl/α,β-unsaturated/α-hetero) is 1. The number of ether oxygens (including phenoxy) is 1. The lowest BCUT2D eigenvalue weighted by atomic mass is 10.1. The van der Waals surface area contributed by atoms with Crippen molar-refractivity contribution in [3.63, 3.8) is 0 Å². The fourth-order valence-corrected chi connectivity index (χ4v) is 3.54. The largest absolute Gasteiger partial charge is 0.491 e. The van der Waals surface area contributed by atoms with Gasteiger partial charge in [-0.05, 0) is 56.5 Å². The quantitative estimate of drug-likeness (QED) is 0.665. The van der Waals surface area contributed by atoms with Gasteiger partial charge in [0, 0.05) is 17.9 Å². The van der Waals surface area contributed by atoms with Crippen LogP contribution in [0.1, 0.15) is 35.7 Å². The smallest absolute Gasteiger partial charge is 0.130 e. The minimum absolute atomic E-state index is 0.159. The predicted molar refractivity (Wildman–Crippen MR) is 106 cm³/mol. The molecule has 6 heteroatoms. The van der Waals surface area contributed by atoms with E-state index in [4.69, 9.17) is 4.74 Å². The second-order valence-electron chi connectivity index (χ2n) is 6.49. The number of carbonyl (C=O) groups is 1. The number of aliphatic hydroxyl groups is 1. The third-order valence-corrected chi connectivity index (χ3v) is 5.09. The first-order valence-corrected chi connectivity index (χ1v) is 9.78. The summed E-state index contributed by atoms with van der Waals surface area (Å²) in [6.07, 6.45) is 0.577. The summed E-state index contributed by atoms with van der Waals surface area (Å²) in [6, 6.07) is 11.6. The molecular weight excluding hydrogens is 360 g/mol. The molecule has 1 unspecified atom stereocenters. The molecule has 2 rings (SSSR count). The summed E-state index contributed by atoms with van der Waals surface area (Å²) in [7, 11) is 0. The number of rotatable bonds is 9. The van der Waals surface area contributed by atoms with Gasteiger partial charge in [0.05, 0.1) is 11.7 Å². The van der Waals surface area contributed by atoms with Crippen LogP contribution >= 0.6 is 11.8 Å². The summed E-state index contributed by atoms with van der Waals surface area (Å²) in [4.78, 5) is 15.4. The number of hydrogen-bond acceptors (Lipinski definition) is 6. The van der Waals surface area contributed by atoms with E-state index in [0.29, 0.717) is 28.5 Å². The number of aryl methyl sites for hydroxylation is 3. The molecule has 1 N–H and O–H groups in total. The van der Waals surface area contributed by atoms with E-state index in [0.717, 1.165) is 23.2 Å². The maximum atomic E-state index is 11.0. The van der Waals surface area contributed by atoms with Crippen molar-refractivity contribution in [3.05, 3.63) is 52.7 Å². The lowest BCUT2D eigenvalue weighted by Gasteiger charge is -2.13. The van der Waals surface area contributed by atoms with Crippen molar-refractivity contribution in [1.82, 2.24) is 4.98 Å². The molecule has 2 aromatic rings. The highest BCUT2D eigenvalue weighted by Gasteiger charge is 2.12. The minimum atomic E-state index is -0.679. The molecule has 0 saturated heterocycles. The topological polar surface area (TPSA) is 83.2 Å². The van der Waals surface area contributed by atoms with Crippen LogP contribution in [0.4, 0.5) is 0 Å². The molecule has 0 aliphatic rings. The summed E-state index contributed by atoms with van der Waals surface area (Å²) in [5.41, 5.74) is 3.38. The number of thioether (sulfide) groups is 1. The molecule has 0 aliphatic carbocycles. The Morgan fingerprint density at radius 1 is 1.33 bits per heavy atom. The van der Waals surface area contributed by atoms with Crippen LogP contribution in [-0.4, -0.2) is 34.3 Å². The van der Waals surface area contributed by atoms with Crippen molar-refractivity contribution < 1.29 is 14.6 Å². The van der Waals surface area contributed by atoms with Crippen LogP contribution in [0.2, 0.25) is 0 Å². The van der Waals surface area contributed by atoms with Crippen molar-refractivity contribution in [1.29, 1.82) is 5.26 Å². The van der Waals surface area contributed by atoms with Crippen molar-refractivity contribution in [2.45, 2.75) is 44.7 Å². The Hall–Kier alpha value is -2.36. The molecule has 142 valence electrons. The number of benzene rings is 1. The third-order valence-electron chi connectivity index (χ3n) is 3.97. The number of nitriles is 1. The zero-order valence-electron chi connectivity index (χ0n) is 15.9. The van der Waals surface area contributed by atoms with E-state index in [2.05, 4.69) is 11.1 Å². The highest BCUT2D eigenvalue weighted by Crippen LogP contribution is 2.24. The number of ketones is 1. The van der Waals surface area contributed by atoms with Gasteiger partial charge < -0.3 is 14.6 Å². The number of carbonyl (C=O) groups excluding carboxylic acids is 1. The Morgan fingerprint density at radius 2 is 2.04 bits per heavy atom. The summed E-state index contributed by atoms with van der Waals surface area (Å²) in [5.74, 6) is 1.24. The average molecular weight is 385 g/mol. The summed E-state index contributed by atoms with van der Waals surface area (Å²) < 4.78 is 5.63. The SMILES string of the molecule is CC(=O)CCc1ccc(OCC(O)CSc2nc(C)cc(C)c2C#N)cc1. The van der Waals surface area contributed by atoms with Crippen molar-refractivity contribution in [2.75, 3.05) is 12.4 Å². The second-order valence-corrected chi connectivity index (χ2v) is 7.50. The first-order chi connectivity index (χ1) is 12.9. The molecule has 1 aromatic heterocycles. The van der Waals surface area contributed by atoms with Crippen molar-refractivity contribution in [3.8, 4) is 11.8 Å². The first kappa shape index (κ1) is 20.9. The highest BCUT2D eigenvalue weighted by atomic mass is 32.2. The molecule has 5 nitrogen and oxygen atoms in total. The fraction of sp³-hybridized carbons (Fsp3) is 0.381. The van der Waals surface area contributed by atoms with E-state index in [1.807, 2.05) is 44.2 Å². The molecule has 0 aliphatic heterocycles. The maximum absolute atomic E-state index is 11.0. The van der Waals surface area contributed by atoms with Gasteiger partial charge in [-0.2, -0.15) is 5.26 Å². The Morgan fingerprint density at radius 3 is 2.67 bits per heavy atom. The standard InChI is InChI=1S/C21H24N2O3S/c1-14-10-15(2)23-21(20(14)11-22)27-13-18(25)12-26-19-8-6-17(7-9-19)5-4-16(3)24/h6-10,18,25H,4-5,12-13H2,1-3H3. The van der Waals surface area contributed by atoms with Crippen LogP contribution in [0, 0.1) is 25.2 Å². The zero-order chi connectivity index (χ0) is 19.8. The minimum Gasteiger partial charge on any atom is -0.491 e. The van der Waals surface area contributed by atoms with Gasteiger partial charge in [-0.3, -0.25) is 0 Å². The Bertz CT molecular complexity index is 829. The molecule has 0 saturated carbocycles. The van der Waals surface area contributed by atoms with Gasteiger partial charge in [-0.25, -0.2) is 4.98 Å². The molecule has 0 spiro atoms. The number of aliphatic hydroxyl groups excluding tert-OH is 1. The number of nitrogens with zero attached hydrogens (tertiary/aromatic N) is 2. The van der Waals surface area contributed by atoms with Gasteiger partial charge in [-0.1, -0.05) is 12.1 Å². The number of hydrogen-bond donors (Lipinski definition) is 1. The molecule has 1 atom stereocenters. The van der Waals surface area contributed by atoms with Gasteiger partial charge in [0.1, 0.15) is 29.2 Å². The van der Waals surface area contributed by atoms with E-state index in [-0.39, 0.29) is 12.4 Å². The number of aromatic nitrogens is 1. The van der Waals surface area contributed by atoms with Gasteiger partial charge >= 0.3 is 0 Å². The molecule has 0 fully saturated rings. The van der Waals surface area contributed by atoms with Crippen LogP contribution in [0.25, 0.3) is 0 Å². The van der Waals surface area contributed by atoms with E-state index in [1.165, 1.54) is 11.8 Å². The summed E-state index contributed by atoms with van der Waals surface area (Å²) >= 11 is 1.36. The third kappa shape index (κ3) is 6.70. The molecule has 27 heavy (non-hydrogen) atoms. The van der Waals surface area contributed by atoms with E-state index >= 15 is 0 Å². The van der Waals surface area contributed by atoms with E-state index in [9.17, 15) is 15.2 Å². The molecule has 0 bridgehead atoms. The number of pyridine rings is 1. The van der Waals surface area contributed by atoms with Crippen LogP contribution < -0.4 is 4.74 Å². The lowest BCUT2D eigenvalue weighted by molar-refractivity contribution is -0.116. The molecular formula is C21H24N2O3S. The van der Waals surface area contributed by atoms with Crippen LogP contribution in [0.3, 0.4) is 0 Å². The molecule has 0 amide bonds. The Balaban J connectivity index is 1.84. The zero-order valence-corrected chi connectivity index (χ0v) is 16.7.